The number of nitrogens with one attached hydrogen (secondary N) is 2. The number of hydrogen-bond donors (Lipinski definition) is 2. The van der Waals surface area contributed by atoms with Gasteiger partial charge >= 0.3 is 0 Å². The van der Waals surface area contributed by atoms with E-state index in [0.717, 1.165) is 24.3 Å². The maximum Gasteiger partial charge on any atom is 0.269 e. The van der Waals surface area contributed by atoms with Crippen LogP contribution >= 0.6 is 0 Å². The number of hydrogen-bond acceptors (Lipinski definition) is 4. The Morgan fingerprint density at radius 1 is 1.27 bits per heavy atom. The number of guanidine groups is 1. The predicted molar refractivity (Wildman–Crippen MR) is 100 cm³/mol. The van der Waals surface area contributed by atoms with Gasteiger partial charge in [0.05, 0.1) is 18.0 Å². The fourth-order valence-electron chi connectivity index (χ4n) is 2.86. The van der Waals surface area contributed by atoms with Crippen molar-refractivity contribution in [2.75, 3.05) is 13.1 Å². The van der Waals surface area contributed by atoms with Gasteiger partial charge in [-0.2, -0.15) is 0 Å². The minimum atomic E-state index is -0.397. The van der Waals surface area contributed by atoms with Crippen LogP contribution in [0.15, 0.2) is 53.5 Å². The van der Waals surface area contributed by atoms with Crippen molar-refractivity contribution in [3.05, 3.63) is 69.8 Å². The zero-order valence-electron chi connectivity index (χ0n) is 14.6. The molecule has 0 amide bonds. The Morgan fingerprint density at radius 2 is 2.12 bits per heavy atom. The number of nitro groups is 1. The van der Waals surface area contributed by atoms with Crippen LogP contribution in [-0.4, -0.2) is 30.1 Å². The molecule has 7 heteroatoms. The van der Waals surface area contributed by atoms with Gasteiger partial charge in [0.1, 0.15) is 11.9 Å². The maximum absolute atomic E-state index is 10.9. The highest BCUT2D eigenvalue weighted by molar-refractivity contribution is 5.79. The Labute approximate surface area is 152 Å². The molecule has 0 aromatic heterocycles. The lowest BCUT2D eigenvalue weighted by Crippen LogP contribution is -2.42. The van der Waals surface area contributed by atoms with Crippen molar-refractivity contribution in [2.24, 2.45) is 4.99 Å². The van der Waals surface area contributed by atoms with Crippen LogP contribution in [0.2, 0.25) is 0 Å². The van der Waals surface area contributed by atoms with E-state index in [4.69, 9.17) is 4.74 Å². The summed E-state index contributed by atoms with van der Waals surface area (Å²) in [5, 5.41) is 17.3. The number of benzene rings is 2. The first-order chi connectivity index (χ1) is 12.7. The van der Waals surface area contributed by atoms with Gasteiger partial charge < -0.3 is 15.4 Å². The van der Waals surface area contributed by atoms with Gasteiger partial charge in [0, 0.05) is 25.1 Å². The van der Waals surface area contributed by atoms with Crippen molar-refractivity contribution < 1.29 is 9.66 Å². The van der Waals surface area contributed by atoms with Crippen LogP contribution in [0.25, 0.3) is 0 Å². The van der Waals surface area contributed by atoms with Crippen LogP contribution in [0.4, 0.5) is 5.69 Å². The lowest BCUT2D eigenvalue weighted by molar-refractivity contribution is -0.384. The van der Waals surface area contributed by atoms with E-state index in [1.54, 1.807) is 12.1 Å². The second-order valence-electron chi connectivity index (χ2n) is 6.05. The van der Waals surface area contributed by atoms with E-state index in [1.807, 2.05) is 31.2 Å². The Morgan fingerprint density at radius 3 is 2.88 bits per heavy atom. The number of ether oxygens (including phenoxy) is 1. The van der Waals surface area contributed by atoms with Gasteiger partial charge in [0.2, 0.25) is 0 Å². The molecule has 1 heterocycles. The molecule has 2 aromatic rings. The molecule has 0 aliphatic carbocycles. The summed E-state index contributed by atoms with van der Waals surface area (Å²) in [5.74, 6) is 1.61. The molecule has 2 aromatic carbocycles. The van der Waals surface area contributed by atoms with Gasteiger partial charge in [0.25, 0.3) is 5.69 Å². The molecule has 0 saturated carbocycles. The SMILES string of the molecule is CCNC(=NCc1cccc([N+](=O)[O-])c1)NCC1Cc2ccccc2O1. The predicted octanol–water partition coefficient (Wildman–Crippen LogP) is 2.65. The first-order valence-electron chi connectivity index (χ1n) is 8.65. The first-order valence-corrected chi connectivity index (χ1v) is 8.65. The molecule has 1 atom stereocenters. The van der Waals surface area contributed by atoms with Crippen LogP contribution in [0.1, 0.15) is 18.1 Å². The Kier molecular flexibility index (Phi) is 5.68. The van der Waals surface area contributed by atoms with Crippen LogP contribution in [0.5, 0.6) is 5.75 Å². The van der Waals surface area contributed by atoms with Gasteiger partial charge in [-0.25, -0.2) is 4.99 Å². The third-order valence-corrected chi connectivity index (χ3v) is 4.10. The second kappa shape index (κ2) is 8.33. The number of nitrogens with zero attached hydrogens (tertiary/aromatic N) is 2. The normalized spacial score (nSPS) is 15.9. The Bertz CT molecular complexity index is 782. The number of aliphatic imine (C=N–C) groups is 1. The summed E-state index contributed by atoms with van der Waals surface area (Å²) in [6, 6.07) is 14.6. The standard InChI is InChI=1S/C19H22N4O3/c1-2-20-19(21-12-14-6-5-8-16(10-14)23(24)25)22-13-17-11-15-7-3-4-9-18(15)26-17/h3-10,17H,2,11-13H2,1H3,(H2,20,21,22). The maximum atomic E-state index is 10.9. The van der Waals surface area contributed by atoms with E-state index >= 15 is 0 Å². The fraction of sp³-hybridized carbons (Fsp3) is 0.316. The average Bonchev–Trinajstić information content (AvgIpc) is 3.07. The van der Waals surface area contributed by atoms with Crippen LogP contribution in [-0.2, 0) is 13.0 Å². The number of non-ortho nitro benzene ring substituents is 1. The van der Waals surface area contributed by atoms with Crippen LogP contribution in [0, 0.1) is 10.1 Å². The third kappa shape index (κ3) is 4.50. The van der Waals surface area contributed by atoms with Gasteiger partial charge in [-0.15, -0.1) is 0 Å². The smallest absolute Gasteiger partial charge is 0.269 e. The molecule has 3 rings (SSSR count). The van der Waals surface area contributed by atoms with Gasteiger partial charge in [0.15, 0.2) is 5.96 Å². The lowest BCUT2D eigenvalue weighted by Gasteiger charge is -2.15. The van der Waals surface area contributed by atoms with Crippen molar-refractivity contribution >= 4 is 11.6 Å². The van der Waals surface area contributed by atoms with Gasteiger partial charge in [-0.05, 0) is 24.1 Å². The quantitative estimate of drug-likeness (QED) is 0.360. The van der Waals surface area contributed by atoms with E-state index < -0.39 is 4.92 Å². The van der Waals surface area contributed by atoms with Gasteiger partial charge in [-0.1, -0.05) is 30.3 Å². The number of fused-ring (bicyclic) bond motifs is 1. The second-order valence-corrected chi connectivity index (χ2v) is 6.05. The molecule has 1 aliphatic heterocycles. The van der Waals surface area contributed by atoms with E-state index in [9.17, 15) is 10.1 Å². The van der Waals surface area contributed by atoms with E-state index in [2.05, 4.69) is 21.7 Å². The molecule has 0 radical (unpaired) electrons. The molecular formula is C19H22N4O3. The van der Waals surface area contributed by atoms with E-state index in [0.29, 0.717) is 19.0 Å². The highest BCUT2D eigenvalue weighted by Crippen LogP contribution is 2.27. The Hall–Kier alpha value is -3.09. The number of nitro benzene ring substituents is 1. The highest BCUT2D eigenvalue weighted by Gasteiger charge is 2.22. The van der Waals surface area contributed by atoms with Crippen molar-refractivity contribution in [3.8, 4) is 5.75 Å². The molecule has 26 heavy (non-hydrogen) atoms. The molecule has 7 nitrogen and oxygen atoms in total. The number of rotatable bonds is 6. The van der Waals surface area contributed by atoms with Crippen LogP contribution in [0.3, 0.4) is 0 Å². The molecule has 136 valence electrons. The number of para-hydroxylation sites is 1. The van der Waals surface area contributed by atoms with Crippen molar-refractivity contribution in [1.29, 1.82) is 0 Å². The zero-order chi connectivity index (χ0) is 18.4. The van der Waals surface area contributed by atoms with Crippen molar-refractivity contribution in [2.45, 2.75) is 26.0 Å². The zero-order valence-corrected chi connectivity index (χ0v) is 14.6. The highest BCUT2D eigenvalue weighted by atomic mass is 16.6. The minimum absolute atomic E-state index is 0.0640. The van der Waals surface area contributed by atoms with Crippen molar-refractivity contribution in [1.82, 2.24) is 10.6 Å². The fourth-order valence-corrected chi connectivity index (χ4v) is 2.86. The molecule has 0 saturated heterocycles. The van der Waals surface area contributed by atoms with Crippen molar-refractivity contribution in [3.63, 3.8) is 0 Å². The van der Waals surface area contributed by atoms with E-state index in [-0.39, 0.29) is 11.8 Å². The molecule has 0 spiro atoms. The monoisotopic (exact) mass is 354 g/mol. The Balaban J connectivity index is 1.58. The summed E-state index contributed by atoms with van der Waals surface area (Å²) in [5.41, 5.74) is 2.09. The van der Waals surface area contributed by atoms with E-state index in [1.165, 1.54) is 11.6 Å². The van der Waals surface area contributed by atoms with Gasteiger partial charge in [-0.3, -0.25) is 10.1 Å². The molecular weight excluding hydrogens is 332 g/mol. The summed E-state index contributed by atoms with van der Waals surface area (Å²) in [6.45, 7) is 3.72. The molecule has 0 bridgehead atoms. The molecule has 1 aliphatic rings. The minimum Gasteiger partial charge on any atom is -0.488 e. The summed E-state index contributed by atoms with van der Waals surface area (Å²) in [6.07, 6.45) is 0.932. The molecule has 2 N–H and O–H groups in total. The molecule has 1 unspecified atom stereocenters. The lowest BCUT2D eigenvalue weighted by atomic mass is 10.1. The summed E-state index contributed by atoms with van der Waals surface area (Å²) in [7, 11) is 0. The largest absolute Gasteiger partial charge is 0.488 e. The average molecular weight is 354 g/mol. The first kappa shape index (κ1) is 17.7. The summed E-state index contributed by atoms with van der Waals surface area (Å²) < 4.78 is 5.92. The molecule has 0 fully saturated rings. The van der Waals surface area contributed by atoms with Crippen LogP contribution < -0.4 is 15.4 Å². The topological polar surface area (TPSA) is 88.8 Å². The summed E-state index contributed by atoms with van der Waals surface area (Å²) >= 11 is 0. The third-order valence-electron chi connectivity index (χ3n) is 4.10. The summed E-state index contributed by atoms with van der Waals surface area (Å²) in [4.78, 5) is 15.0.